The van der Waals surface area contributed by atoms with Crippen molar-refractivity contribution in [1.29, 1.82) is 0 Å². The summed E-state index contributed by atoms with van der Waals surface area (Å²) in [5, 5.41) is 4.96. The number of hydrogen-bond donors (Lipinski definition) is 3. The minimum absolute atomic E-state index is 0.453. The van der Waals surface area contributed by atoms with Crippen LogP contribution in [0.4, 0.5) is 10.5 Å². The molecular weight excluding hydrogens is 321 g/mol. The second-order valence-electron chi connectivity index (χ2n) is 3.23. The summed E-state index contributed by atoms with van der Waals surface area (Å²) in [6.07, 6.45) is 0. The van der Waals surface area contributed by atoms with Crippen molar-refractivity contribution in [1.82, 2.24) is 5.32 Å². The fourth-order valence-corrected chi connectivity index (χ4v) is 1.45. The van der Waals surface area contributed by atoms with E-state index in [0.717, 1.165) is 9.26 Å². The van der Waals surface area contributed by atoms with E-state index in [1.54, 1.807) is 6.92 Å². The first-order valence-corrected chi connectivity index (χ1v) is 5.69. The number of nitrogens with two attached hydrogens (primary N) is 1. The van der Waals surface area contributed by atoms with Gasteiger partial charge in [-0.3, -0.25) is 10.1 Å². The van der Waals surface area contributed by atoms with E-state index in [2.05, 4.69) is 27.9 Å². The van der Waals surface area contributed by atoms with Gasteiger partial charge in [0.05, 0.1) is 0 Å². The zero-order valence-electron chi connectivity index (χ0n) is 8.66. The van der Waals surface area contributed by atoms with Crippen LogP contribution in [0.2, 0.25) is 0 Å². The molecule has 0 aliphatic heterocycles. The van der Waals surface area contributed by atoms with Crippen LogP contribution in [-0.4, -0.2) is 18.0 Å². The first kappa shape index (κ1) is 12.8. The Labute approximate surface area is 107 Å². The van der Waals surface area contributed by atoms with Crippen molar-refractivity contribution in [3.05, 3.63) is 27.8 Å². The minimum Gasteiger partial charge on any atom is -0.374 e. The maximum Gasteiger partial charge on any atom is 0.318 e. The van der Waals surface area contributed by atoms with Crippen LogP contribution in [0.1, 0.15) is 6.92 Å². The molecule has 0 saturated carbocycles. The van der Waals surface area contributed by atoms with Crippen LogP contribution >= 0.6 is 22.6 Å². The fraction of sp³-hybridized carbons (Fsp3) is 0.200. The van der Waals surface area contributed by atoms with Gasteiger partial charge in [0.2, 0.25) is 5.91 Å². The normalized spacial score (nSPS) is 11.6. The molecule has 1 aromatic carbocycles. The third-order valence-electron chi connectivity index (χ3n) is 1.87. The Hall–Kier alpha value is -1.31. The number of rotatable bonds is 3. The number of carbonyl (C=O) groups excluding carboxylic acids is 2. The number of urea groups is 1. The van der Waals surface area contributed by atoms with Gasteiger partial charge >= 0.3 is 6.03 Å². The van der Waals surface area contributed by atoms with Gasteiger partial charge in [-0.1, -0.05) is 0 Å². The van der Waals surface area contributed by atoms with Crippen molar-refractivity contribution in [2.75, 3.05) is 5.32 Å². The van der Waals surface area contributed by atoms with E-state index in [9.17, 15) is 9.59 Å². The van der Waals surface area contributed by atoms with E-state index >= 15 is 0 Å². The molecule has 16 heavy (non-hydrogen) atoms. The Morgan fingerprint density at radius 2 is 1.88 bits per heavy atom. The van der Waals surface area contributed by atoms with Gasteiger partial charge in [0.1, 0.15) is 6.04 Å². The summed E-state index contributed by atoms with van der Waals surface area (Å²) in [6.45, 7) is 1.65. The number of amides is 3. The highest BCUT2D eigenvalue weighted by molar-refractivity contribution is 14.1. The van der Waals surface area contributed by atoms with Gasteiger partial charge in [0.15, 0.2) is 0 Å². The summed E-state index contributed by atoms with van der Waals surface area (Å²) >= 11 is 2.19. The predicted octanol–water partition coefficient (Wildman–Crippen LogP) is 1.29. The van der Waals surface area contributed by atoms with Crippen molar-refractivity contribution in [2.24, 2.45) is 5.73 Å². The summed E-state index contributed by atoms with van der Waals surface area (Å²) in [5.41, 5.74) is 5.66. The van der Waals surface area contributed by atoms with Crippen molar-refractivity contribution in [3.63, 3.8) is 0 Å². The van der Waals surface area contributed by atoms with Crippen LogP contribution in [0.25, 0.3) is 0 Å². The Bertz CT molecular complexity index is 392. The predicted molar refractivity (Wildman–Crippen MR) is 70.0 cm³/mol. The molecule has 0 spiro atoms. The Morgan fingerprint density at radius 3 is 2.38 bits per heavy atom. The Kier molecular flexibility index (Phi) is 4.53. The first-order chi connectivity index (χ1) is 7.49. The molecule has 0 saturated heterocycles. The molecule has 0 heterocycles. The van der Waals surface area contributed by atoms with Gasteiger partial charge in [0, 0.05) is 9.26 Å². The highest BCUT2D eigenvalue weighted by Crippen LogP contribution is 2.12. The summed E-state index contributed by atoms with van der Waals surface area (Å²) in [6, 6.07) is 6.18. The van der Waals surface area contributed by atoms with Gasteiger partial charge in [-0.2, -0.15) is 0 Å². The third-order valence-corrected chi connectivity index (χ3v) is 2.59. The molecule has 3 amide bonds. The van der Waals surface area contributed by atoms with Crippen LogP contribution in [0.3, 0.4) is 0 Å². The average molecular weight is 333 g/mol. The van der Waals surface area contributed by atoms with Crippen LogP contribution in [0, 0.1) is 3.57 Å². The molecule has 6 heteroatoms. The van der Waals surface area contributed by atoms with E-state index in [4.69, 9.17) is 5.73 Å². The number of imide groups is 1. The third kappa shape index (κ3) is 4.05. The molecule has 0 radical (unpaired) electrons. The molecule has 0 fully saturated rings. The van der Waals surface area contributed by atoms with Crippen molar-refractivity contribution >= 4 is 40.2 Å². The van der Waals surface area contributed by atoms with Gasteiger partial charge < -0.3 is 11.1 Å². The van der Waals surface area contributed by atoms with E-state index in [0.29, 0.717) is 0 Å². The lowest BCUT2D eigenvalue weighted by Gasteiger charge is -2.13. The number of carbonyl (C=O) groups is 2. The molecule has 1 aromatic rings. The van der Waals surface area contributed by atoms with Crippen LogP contribution in [0.5, 0.6) is 0 Å². The average Bonchev–Trinajstić information content (AvgIpc) is 2.20. The lowest BCUT2D eigenvalue weighted by Crippen LogP contribution is -2.43. The quantitative estimate of drug-likeness (QED) is 0.729. The molecule has 1 unspecified atom stereocenters. The number of nitrogens with one attached hydrogen (secondary N) is 2. The second-order valence-corrected chi connectivity index (χ2v) is 4.47. The van der Waals surface area contributed by atoms with Crippen molar-refractivity contribution in [3.8, 4) is 0 Å². The molecule has 0 aliphatic rings. The summed E-state index contributed by atoms with van der Waals surface area (Å²) in [7, 11) is 0. The van der Waals surface area contributed by atoms with Crippen LogP contribution in [-0.2, 0) is 4.79 Å². The molecule has 86 valence electrons. The number of anilines is 1. The number of hydrogen-bond acceptors (Lipinski definition) is 3. The number of primary amides is 1. The first-order valence-electron chi connectivity index (χ1n) is 4.61. The molecule has 5 nitrogen and oxygen atoms in total. The summed E-state index contributed by atoms with van der Waals surface area (Å²) in [4.78, 5) is 21.8. The molecule has 1 rings (SSSR count). The van der Waals surface area contributed by atoms with E-state index in [1.165, 1.54) is 0 Å². The van der Waals surface area contributed by atoms with Crippen molar-refractivity contribution < 1.29 is 9.59 Å². The topological polar surface area (TPSA) is 84.2 Å². The highest BCUT2D eigenvalue weighted by atomic mass is 127. The largest absolute Gasteiger partial charge is 0.374 e. The molecule has 4 N–H and O–H groups in total. The lowest BCUT2D eigenvalue weighted by molar-refractivity contribution is -0.120. The smallest absolute Gasteiger partial charge is 0.318 e. The minimum atomic E-state index is -0.846. The van der Waals surface area contributed by atoms with E-state index < -0.39 is 18.0 Å². The highest BCUT2D eigenvalue weighted by Gasteiger charge is 2.13. The summed E-state index contributed by atoms with van der Waals surface area (Å²) < 4.78 is 1.11. The molecule has 1 atom stereocenters. The molecule has 0 aliphatic carbocycles. The Balaban J connectivity index is 2.57. The van der Waals surface area contributed by atoms with Gasteiger partial charge in [-0.15, -0.1) is 0 Å². The molecule has 0 aromatic heterocycles. The Morgan fingerprint density at radius 1 is 1.31 bits per heavy atom. The van der Waals surface area contributed by atoms with E-state index in [1.807, 2.05) is 29.6 Å². The maximum absolute atomic E-state index is 11.3. The fourth-order valence-electron chi connectivity index (χ4n) is 1.09. The van der Waals surface area contributed by atoms with E-state index in [-0.39, 0.29) is 0 Å². The number of benzene rings is 1. The monoisotopic (exact) mass is 333 g/mol. The molecular formula is C10H12IN3O2. The van der Waals surface area contributed by atoms with Gasteiger partial charge in [0.25, 0.3) is 0 Å². The van der Waals surface area contributed by atoms with Gasteiger partial charge in [-0.25, -0.2) is 4.79 Å². The molecule has 0 bridgehead atoms. The van der Waals surface area contributed by atoms with Crippen LogP contribution < -0.4 is 16.4 Å². The van der Waals surface area contributed by atoms with Crippen molar-refractivity contribution in [2.45, 2.75) is 13.0 Å². The van der Waals surface area contributed by atoms with Crippen LogP contribution in [0.15, 0.2) is 24.3 Å². The maximum atomic E-state index is 11.3. The lowest BCUT2D eigenvalue weighted by atomic mass is 10.2. The SMILES string of the molecule is CC(Nc1ccc(I)cc1)C(=O)NC(N)=O. The standard InChI is InChI=1S/C10H12IN3O2/c1-6(9(15)14-10(12)16)13-8-4-2-7(11)3-5-8/h2-6,13H,1H3,(H3,12,14,15,16). The zero-order chi connectivity index (χ0) is 12.1. The van der Waals surface area contributed by atoms with Gasteiger partial charge in [-0.05, 0) is 53.8 Å². The summed E-state index contributed by atoms with van der Waals surface area (Å²) in [5.74, 6) is -0.453. The number of halogens is 1. The second kappa shape index (κ2) is 5.69. The zero-order valence-corrected chi connectivity index (χ0v) is 10.8.